The Morgan fingerprint density at radius 3 is 2.43 bits per heavy atom. The zero-order chi connectivity index (χ0) is 20.7. The van der Waals surface area contributed by atoms with E-state index in [1.165, 1.54) is 10.0 Å². The van der Waals surface area contributed by atoms with Crippen molar-refractivity contribution < 1.29 is 23.9 Å². The fourth-order valence-electron chi connectivity index (χ4n) is 2.97. The molecule has 1 aromatic carbocycles. The molecule has 7 nitrogen and oxygen atoms in total. The van der Waals surface area contributed by atoms with Crippen molar-refractivity contribution in [2.45, 2.75) is 59.0 Å². The fraction of sp³-hybridized carbons (Fsp3) is 0.571. The Balaban J connectivity index is 1.92. The highest BCUT2D eigenvalue weighted by atomic mass is 16.6. The van der Waals surface area contributed by atoms with Crippen LogP contribution in [0.5, 0.6) is 0 Å². The van der Waals surface area contributed by atoms with E-state index in [2.05, 4.69) is 0 Å². The van der Waals surface area contributed by atoms with Crippen LogP contribution in [0.1, 0.15) is 62.9 Å². The summed E-state index contributed by atoms with van der Waals surface area (Å²) in [5.74, 6) is -0.393. The van der Waals surface area contributed by atoms with E-state index in [0.29, 0.717) is 44.5 Å². The first-order chi connectivity index (χ1) is 13.2. The van der Waals surface area contributed by atoms with Crippen LogP contribution in [-0.2, 0) is 20.7 Å². The number of benzene rings is 1. The number of amides is 2. The molecule has 0 atom stereocenters. The number of hydrogen-bond donors (Lipinski definition) is 0. The maximum absolute atomic E-state index is 12.4. The van der Waals surface area contributed by atoms with Gasteiger partial charge in [0, 0.05) is 19.5 Å². The van der Waals surface area contributed by atoms with Crippen molar-refractivity contribution in [3.8, 4) is 0 Å². The van der Waals surface area contributed by atoms with E-state index in [0.717, 1.165) is 12.0 Å². The zero-order valence-corrected chi connectivity index (χ0v) is 17.2. The Morgan fingerprint density at radius 1 is 1.14 bits per heavy atom. The van der Waals surface area contributed by atoms with E-state index < -0.39 is 11.7 Å². The summed E-state index contributed by atoms with van der Waals surface area (Å²) in [5.41, 5.74) is 0.971. The van der Waals surface area contributed by atoms with E-state index in [4.69, 9.17) is 9.47 Å². The molecule has 0 aliphatic carbocycles. The average Bonchev–Trinajstić information content (AvgIpc) is 2.62. The minimum absolute atomic E-state index is 0.0604. The van der Waals surface area contributed by atoms with Crippen LogP contribution in [0.3, 0.4) is 0 Å². The minimum Gasteiger partial charge on any atom is -0.462 e. The molecule has 1 aromatic rings. The number of hydrazine groups is 1. The summed E-state index contributed by atoms with van der Waals surface area (Å²) in [6.45, 7) is 8.46. The normalized spacial score (nSPS) is 14.8. The summed E-state index contributed by atoms with van der Waals surface area (Å²) in [4.78, 5) is 36.4. The first-order valence-corrected chi connectivity index (χ1v) is 9.78. The molecule has 2 amide bonds. The number of rotatable bonds is 6. The molecular formula is C21H30N2O5. The molecule has 28 heavy (non-hydrogen) atoms. The van der Waals surface area contributed by atoms with E-state index >= 15 is 0 Å². The monoisotopic (exact) mass is 390 g/mol. The van der Waals surface area contributed by atoms with Crippen molar-refractivity contribution >= 4 is 18.0 Å². The van der Waals surface area contributed by atoms with Crippen LogP contribution >= 0.6 is 0 Å². The summed E-state index contributed by atoms with van der Waals surface area (Å²) in [7, 11) is 0. The topological polar surface area (TPSA) is 76.2 Å². The van der Waals surface area contributed by atoms with Crippen LogP contribution in [0, 0.1) is 0 Å². The standard InChI is InChI=1S/C21H30N2O5/c1-5-27-19(25)17-12-10-16(11-13-17)8-6-14-22-18(24)9-7-15-23(22)20(26)28-21(2,3)4/h10-13H,5-9,14-15H2,1-4H3. The number of carbonyl (C=O) groups is 3. The summed E-state index contributed by atoms with van der Waals surface area (Å²) < 4.78 is 10.4. The van der Waals surface area contributed by atoms with Crippen molar-refractivity contribution in [2.24, 2.45) is 0 Å². The summed E-state index contributed by atoms with van der Waals surface area (Å²) in [5, 5.41) is 2.92. The fourth-order valence-corrected chi connectivity index (χ4v) is 2.97. The number of hydrogen-bond acceptors (Lipinski definition) is 5. The molecule has 1 heterocycles. The lowest BCUT2D eigenvalue weighted by Gasteiger charge is -2.38. The Bertz CT molecular complexity index is 694. The van der Waals surface area contributed by atoms with E-state index in [1.807, 2.05) is 12.1 Å². The highest BCUT2D eigenvalue weighted by molar-refractivity contribution is 5.89. The van der Waals surface area contributed by atoms with Crippen LogP contribution < -0.4 is 0 Å². The largest absolute Gasteiger partial charge is 0.462 e. The van der Waals surface area contributed by atoms with Crippen LogP contribution in [0.2, 0.25) is 0 Å². The predicted octanol–water partition coefficient (Wildman–Crippen LogP) is 3.57. The lowest BCUT2D eigenvalue weighted by molar-refractivity contribution is -0.153. The number of ether oxygens (including phenoxy) is 2. The highest BCUT2D eigenvalue weighted by Gasteiger charge is 2.32. The Morgan fingerprint density at radius 2 is 1.82 bits per heavy atom. The van der Waals surface area contributed by atoms with Gasteiger partial charge in [0.2, 0.25) is 5.91 Å². The van der Waals surface area contributed by atoms with Gasteiger partial charge in [-0.1, -0.05) is 12.1 Å². The van der Waals surface area contributed by atoms with Gasteiger partial charge in [-0.15, -0.1) is 0 Å². The molecule has 0 spiro atoms. The highest BCUT2D eigenvalue weighted by Crippen LogP contribution is 2.18. The first-order valence-electron chi connectivity index (χ1n) is 9.78. The zero-order valence-electron chi connectivity index (χ0n) is 17.2. The van der Waals surface area contributed by atoms with Gasteiger partial charge in [-0.3, -0.25) is 4.79 Å². The average molecular weight is 390 g/mol. The number of nitrogens with zero attached hydrogens (tertiary/aromatic N) is 2. The molecule has 0 N–H and O–H groups in total. The van der Waals surface area contributed by atoms with Crippen LogP contribution in [0.4, 0.5) is 4.79 Å². The van der Waals surface area contributed by atoms with Gasteiger partial charge in [0.1, 0.15) is 5.60 Å². The number of aryl methyl sites for hydroxylation is 1. The third-order valence-corrected chi connectivity index (χ3v) is 4.24. The molecule has 0 saturated carbocycles. The third-order valence-electron chi connectivity index (χ3n) is 4.24. The van der Waals surface area contributed by atoms with Crippen molar-refractivity contribution in [2.75, 3.05) is 19.7 Å². The van der Waals surface area contributed by atoms with Crippen LogP contribution in [0.15, 0.2) is 24.3 Å². The Kier molecular flexibility index (Phi) is 7.43. The molecule has 0 aromatic heterocycles. The SMILES string of the molecule is CCOC(=O)c1ccc(CCCN2C(=O)CCCN2C(=O)OC(C)(C)C)cc1. The molecule has 1 aliphatic heterocycles. The maximum Gasteiger partial charge on any atom is 0.429 e. The van der Waals surface area contributed by atoms with Crippen molar-refractivity contribution in [3.05, 3.63) is 35.4 Å². The molecule has 154 valence electrons. The van der Waals surface area contributed by atoms with E-state index in [9.17, 15) is 14.4 Å². The maximum atomic E-state index is 12.4. The molecule has 1 saturated heterocycles. The molecule has 2 rings (SSSR count). The number of esters is 1. The van der Waals surface area contributed by atoms with E-state index in [1.54, 1.807) is 39.8 Å². The van der Waals surface area contributed by atoms with Crippen LogP contribution in [0.25, 0.3) is 0 Å². The Labute approximate surface area is 166 Å². The molecule has 0 radical (unpaired) electrons. The summed E-state index contributed by atoms with van der Waals surface area (Å²) in [6.07, 6.45) is 2.02. The molecule has 7 heteroatoms. The second kappa shape index (κ2) is 9.57. The van der Waals surface area contributed by atoms with Gasteiger partial charge in [0.15, 0.2) is 0 Å². The molecule has 1 fully saturated rings. The quantitative estimate of drug-likeness (QED) is 0.694. The van der Waals surface area contributed by atoms with Crippen molar-refractivity contribution in [3.63, 3.8) is 0 Å². The molecule has 0 unspecified atom stereocenters. The van der Waals surface area contributed by atoms with Gasteiger partial charge in [-0.05, 0) is 64.7 Å². The first kappa shape index (κ1) is 21.7. The molecular weight excluding hydrogens is 360 g/mol. The second-order valence-corrected chi connectivity index (χ2v) is 7.74. The van der Waals surface area contributed by atoms with Gasteiger partial charge >= 0.3 is 12.1 Å². The molecule has 0 bridgehead atoms. The van der Waals surface area contributed by atoms with E-state index in [-0.39, 0.29) is 11.9 Å². The lowest BCUT2D eigenvalue weighted by Crippen LogP contribution is -2.54. The van der Waals surface area contributed by atoms with Crippen molar-refractivity contribution in [1.82, 2.24) is 10.0 Å². The van der Waals surface area contributed by atoms with Crippen molar-refractivity contribution in [1.29, 1.82) is 0 Å². The Hall–Kier alpha value is -2.57. The van der Waals surface area contributed by atoms with Gasteiger partial charge in [0.25, 0.3) is 0 Å². The smallest absolute Gasteiger partial charge is 0.429 e. The van der Waals surface area contributed by atoms with Gasteiger partial charge < -0.3 is 9.47 Å². The molecule has 1 aliphatic rings. The summed E-state index contributed by atoms with van der Waals surface area (Å²) >= 11 is 0. The third kappa shape index (κ3) is 6.25. The van der Waals surface area contributed by atoms with Gasteiger partial charge in [-0.2, -0.15) is 0 Å². The van der Waals surface area contributed by atoms with Gasteiger partial charge in [0.05, 0.1) is 12.2 Å². The predicted molar refractivity (Wildman–Crippen MR) is 105 cm³/mol. The number of carbonyl (C=O) groups excluding carboxylic acids is 3. The van der Waals surface area contributed by atoms with Crippen LogP contribution in [-0.4, -0.2) is 53.3 Å². The summed E-state index contributed by atoms with van der Waals surface area (Å²) in [6, 6.07) is 7.25. The minimum atomic E-state index is -0.607. The lowest BCUT2D eigenvalue weighted by atomic mass is 10.1. The van der Waals surface area contributed by atoms with Gasteiger partial charge in [-0.25, -0.2) is 19.6 Å². The second-order valence-electron chi connectivity index (χ2n) is 7.74.